The standard InChI is InChI=1S/C14H10ClFO4S/c15-11-5-4-10(13(16)7-11)8-21(19,20)12-3-1-2-9(6-12)14(17)18/h1-7H,8H2,(H,17,18). The number of carboxylic acids is 1. The molecule has 7 heteroatoms. The van der Waals surface area contributed by atoms with Crippen molar-refractivity contribution < 1.29 is 22.7 Å². The van der Waals surface area contributed by atoms with E-state index in [9.17, 15) is 17.6 Å². The van der Waals surface area contributed by atoms with Gasteiger partial charge < -0.3 is 5.11 Å². The Bertz CT molecular complexity index is 802. The SMILES string of the molecule is O=C(O)c1cccc(S(=O)(=O)Cc2ccc(Cl)cc2F)c1. The Balaban J connectivity index is 2.38. The number of benzene rings is 2. The van der Waals surface area contributed by atoms with Gasteiger partial charge in [0, 0.05) is 10.6 Å². The number of hydrogen-bond donors (Lipinski definition) is 1. The molecule has 110 valence electrons. The fraction of sp³-hybridized carbons (Fsp3) is 0.0714. The second-order valence-corrected chi connectivity index (χ2v) is 6.75. The van der Waals surface area contributed by atoms with E-state index in [0.717, 1.165) is 12.1 Å². The van der Waals surface area contributed by atoms with E-state index >= 15 is 0 Å². The molecule has 2 aromatic rings. The third-order valence-electron chi connectivity index (χ3n) is 2.80. The van der Waals surface area contributed by atoms with Crippen molar-refractivity contribution in [2.75, 3.05) is 0 Å². The van der Waals surface area contributed by atoms with Gasteiger partial charge in [-0.05, 0) is 30.3 Å². The highest BCUT2D eigenvalue weighted by Gasteiger charge is 2.19. The molecule has 0 spiro atoms. The molecule has 0 bridgehead atoms. The number of sulfone groups is 1. The van der Waals surface area contributed by atoms with Crippen molar-refractivity contribution in [1.29, 1.82) is 0 Å². The molecule has 2 rings (SSSR count). The second kappa shape index (κ2) is 5.83. The molecule has 2 aromatic carbocycles. The Morgan fingerprint density at radius 3 is 2.52 bits per heavy atom. The number of halogens is 2. The quantitative estimate of drug-likeness (QED) is 0.935. The maximum atomic E-state index is 13.7. The molecule has 1 N–H and O–H groups in total. The molecule has 4 nitrogen and oxygen atoms in total. The van der Waals surface area contributed by atoms with Crippen molar-refractivity contribution in [2.24, 2.45) is 0 Å². The number of hydrogen-bond acceptors (Lipinski definition) is 3. The lowest BCUT2D eigenvalue weighted by Gasteiger charge is -2.07. The van der Waals surface area contributed by atoms with Crippen molar-refractivity contribution in [2.45, 2.75) is 10.6 Å². The molecule has 0 heterocycles. The van der Waals surface area contributed by atoms with Crippen molar-refractivity contribution in [3.8, 4) is 0 Å². The molecule has 0 aliphatic heterocycles. The lowest BCUT2D eigenvalue weighted by molar-refractivity contribution is 0.0696. The van der Waals surface area contributed by atoms with Crippen LogP contribution in [-0.4, -0.2) is 19.5 Å². The summed E-state index contributed by atoms with van der Waals surface area (Å²) in [5.41, 5.74) is -0.173. The Morgan fingerprint density at radius 1 is 1.19 bits per heavy atom. The van der Waals surface area contributed by atoms with Gasteiger partial charge in [0.15, 0.2) is 9.84 Å². The third-order valence-corrected chi connectivity index (χ3v) is 4.70. The van der Waals surface area contributed by atoms with Gasteiger partial charge in [-0.2, -0.15) is 0 Å². The van der Waals surface area contributed by atoms with E-state index < -0.39 is 27.4 Å². The minimum atomic E-state index is -3.85. The highest BCUT2D eigenvalue weighted by Crippen LogP contribution is 2.21. The monoisotopic (exact) mass is 328 g/mol. The van der Waals surface area contributed by atoms with Crippen molar-refractivity contribution >= 4 is 27.4 Å². The van der Waals surface area contributed by atoms with Gasteiger partial charge in [0.05, 0.1) is 16.2 Å². The Kier molecular flexibility index (Phi) is 4.29. The summed E-state index contributed by atoms with van der Waals surface area (Å²) in [5.74, 6) is -2.52. The topological polar surface area (TPSA) is 71.4 Å². The number of carbonyl (C=O) groups is 1. The van der Waals surface area contributed by atoms with E-state index in [1.807, 2.05) is 0 Å². The zero-order chi connectivity index (χ0) is 15.6. The fourth-order valence-corrected chi connectivity index (χ4v) is 3.31. The van der Waals surface area contributed by atoms with Crippen LogP contribution in [0.2, 0.25) is 5.02 Å². The lowest BCUT2D eigenvalue weighted by Crippen LogP contribution is -2.08. The molecule has 0 aromatic heterocycles. The van der Waals surface area contributed by atoms with Gasteiger partial charge in [-0.25, -0.2) is 17.6 Å². The van der Waals surface area contributed by atoms with Crippen LogP contribution in [0.25, 0.3) is 0 Å². The maximum Gasteiger partial charge on any atom is 0.335 e. The summed E-state index contributed by atoms with van der Waals surface area (Å²) in [5, 5.41) is 9.04. The van der Waals surface area contributed by atoms with Gasteiger partial charge in [-0.3, -0.25) is 0 Å². The molecule has 0 fully saturated rings. The third kappa shape index (κ3) is 3.59. The minimum absolute atomic E-state index is 0.0277. The number of aromatic carboxylic acids is 1. The van der Waals surface area contributed by atoms with Crippen molar-refractivity contribution in [3.05, 3.63) is 64.4 Å². The van der Waals surface area contributed by atoms with Crippen LogP contribution in [-0.2, 0) is 15.6 Å². The lowest BCUT2D eigenvalue weighted by atomic mass is 10.2. The Hall–Kier alpha value is -1.92. The van der Waals surface area contributed by atoms with Gasteiger partial charge >= 0.3 is 5.97 Å². The van der Waals surface area contributed by atoms with E-state index in [4.69, 9.17) is 16.7 Å². The molecule has 0 aliphatic carbocycles. The van der Waals surface area contributed by atoms with Crippen LogP contribution < -0.4 is 0 Å². The second-order valence-electron chi connectivity index (χ2n) is 4.33. The predicted molar refractivity (Wildman–Crippen MR) is 75.7 cm³/mol. The zero-order valence-electron chi connectivity index (χ0n) is 10.6. The largest absolute Gasteiger partial charge is 0.478 e. The summed E-state index contributed by atoms with van der Waals surface area (Å²) >= 11 is 5.61. The summed E-state index contributed by atoms with van der Waals surface area (Å²) in [7, 11) is -3.85. The zero-order valence-corrected chi connectivity index (χ0v) is 12.2. The first-order valence-corrected chi connectivity index (χ1v) is 7.83. The van der Waals surface area contributed by atoms with Crippen LogP contribution in [0, 0.1) is 5.82 Å². The average Bonchev–Trinajstić information content (AvgIpc) is 2.42. The van der Waals surface area contributed by atoms with Crippen LogP contribution in [0.1, 0.15) is 15.9 Å². The molecule has 0 unspecified atom stereocenters. The van der Waals surface area contributed by atoms with E-state index in [1.54, 1.807) is 0 Å². The highest BCUT2D eigenvalue weighted by atomic mass is 35.5. The van der Waals surface area contributed by atoms with Crippen LogP contribution >= 0.6 is 11.6 Å². The van der Waals surface area contributed by atoms with Gasteiger partial charge in [-0.15, -0.1) is 0 Å². The molecule has 0 radical (unpaired) electrons. The van der Waals surface area contributed by atoms with E-state index in [-0.39, 0.29) is 21.0 Å². The molecule has 0 saturated carbocycles. The van der Waals surface area contributed by atoms with Crippen molar-refractivity contribution in [1.82, 2.24) is 0 Å². The molecule has 0 aliphatic rings. The predicted octanol–water partition coefficient (Wildman–Crippen LogP) is 3.15. The van der Waals surface area contributed by atoms with Gasteiger partial charge in [0.2, 0.25) is 0 Å². The van der Waals surface area contributed by atoms with Crippen LogP contribution in [0.15, 0.2) is 47.4 Å². The minimum Gasteiger partial charge on any atom is -0.478 e. The normalized spacial score (nSPS) is 11.3. The van der Waals surface area contributed by atoms with Gasteiger partial charge in [0.25, 0.3) is 0 Å². The number of carboxylic acid groups (broad SMARTS) is 1. The van der Waals surface area contributed by atoms with Crippen LogP contribution in [0.4, 0.5) is 4.39 Å². The summed E-state index contributed by atoms with van der Waals surface area (Å²) in [6, 6.07) is 8.64. The highest BCUT2D eigenvalue weighted by molar-refractivity contribution is 7.90. The molecular weight excluding hydrogens is 319 g/mol. The molecule has 0 atom stereocenters. The summed E-state index contributed by atoms with van der Waals surface area (Å²) in [6.45, 7) is 0. The van der Waals surface area contributed by atoms with Crippen molar-refractivity contribution in [3.63, 3.8) is 0 Å². The van der Waals surface area contributed by atoms with Crippen LogP contribution in [0.5, 0.6) is 0 Å². The van der Waals surface area contributed by atoms with Gasteiger partial charge in [0.1, 0.15) is 5.82 Å². The molecule has 21 heavy (non-hydrogen) atoms. The van der Waals surface area contributed by atoms with Gasteiger partial charge in [-0.1, -0.05) is 23.7 Å². The van der Waals surface area contributed by atoms with E-state index in [2.05, 4.69) is 0 Å². The average molecular weight is 329 g/mol. The first-order chi connectivity index (χ1) is 9.79. The van der Waals surface area contributed by atoms with Crippen LogP contribution in [0.3, 0.4) is 0 Å². The Morgan fingerprint density at radius 2 is 1.90 bits per heavy atom. The van der Waals surface area contributed by atoms with E-state index in [0.29, 0.717) is 0 Å². The smallest absolute Gasteiger partial charge is 0.335 e. The summed E-state index contributed by atoms with van der Waals surface area (Å²) in [4.78, 5) is 10.7. The maximum absolute atomic E-state index is 13.7. The molecule has 0 amide bonds. The summed E-state index contributed by atoms with van der Waals surface area (Å²) in [6.07, 6.45) is 0. The molecular formula is C14H10ClFO4S. The fourth-order valence-electron chi connectivity index (χ4n) is 1.75. The molecule has 0 saturated heterocycles. The number of rotatable bonds is 4. The first-order valence-electron chi connectivity index (χ1n) is 5.79. The first kappa shape index (κ1) is 15.5. The van der Waals surface area contributed by atoms with E-state index in [1.165, 1.54) is 30.3 Å². The summed E-state index contributed by atoms with van der Waals surface area (Å²) < 4.78 is 38.1. The Labute approximate surface area is 125 Å².